The van der Waals surface area contributed by atoms with Crippen LogP contribution in [0.15, 0.2) is 44.6 Å². The number of H-pyrrole nitrogens is 1. The van der Waals surface area contributed by atoms with Gasteiger partial charge in [-0.2, -0.15) is 0 Å². The van der Waals surface area contributed by atoms with Crippen molar-refractivity contribution in [3.8, 4) is 5.82 Å². The van der Waals surface area contributed by atoms with Gasteiger partial charge in [-0.3, -0.25) is 9.78 Å². The lowest BCUT2D eigenvalue weighted by atomic mass is 9.92. The van der Waals surface area contributed by atoms with E-state index in [0.717, 1.165) is 24.9 Å². The Morgan fingerprint density at radius 1 is 1.30 bits per heavy atom. The maximum absolute atomic E-state index is 12.0. The number of hydrogen-bond acceptors (Lipinski definition) is 5. The van der Waals surface area contributed by atoms with Crippen molar-refractivity contribution in [1.29, 1.82) is 0 Å². The van der Waals surface area contributed by atoms with Crippen LogP contribution in [0.2, 0.25) is 0 Å². The Morgan fingerprint density at radius 3 is 2.87 bits per heavy atom. The summed E-state index contributed by atoms with van der Waals surface area (Å²) in [6, 6.07) is 7.21. The molecule has 1 fully saturated rings. The number of benzene rings is 1. The number of fused-ring (bicyclic) bond motifs is 1. The van der Waals surface area contributed by atoms with E-state index >= 15 is 0 Å². The molecule has 0 aliphatic carbocycles. The van der Waals surface area contributed by atoms with Gasteiger partial charge < -0.3 is 9.42 Å². The van der Waals surface area contributed by atoms with Crippen LogP contribution in [0.5, 0.6) is 0 Å². The van der Waals surface area contributed by atoms with Crippen LogP contribution >= 0.6 is 0 Å². The Hall–Kier alpha value is -2.67. The molecule has 1 aliphatic heterocycles. The first-order chi connectivity index (χ1) is 11.1. The number of nitrogens with one attached hydrogen (secondary N) is 1. The zero-order valence-corrected chi connectivity index (χ0v) is 12.7. The lowest BCUT2D eigenvalue weighted by Crippen LogP contribution is -2.44. The maximum atomic E-state index is 12.0. The predicted molar refractivity (Wildman–Crippen MR) is 84.9 cm³/mol. The molecule has 0 saturated carbocycles. The summed E-state index contributed by atoms with van der Waals surface area (Å²) < 4.78 is 6.58. The molecule has 7 heteroatoms. The van der Waals surface area contributed by atoms with Gasteiger partial charge in [0.25, 0.3) is 5.56 Å². The molecule has 0 spiro atoms. The molecular formula is C16H16N4O3. The summed E-state index contributed by atoms with van der Waals surface area (Å²) in [5.41, 5.74) is 0.845. The molecule has 0 radical (unpaired) electrons. The van der Waals surface area contributed by atoms with Gasteiger partial charge in [0.15, 0.2) is 11.4 Å². The number of aromatic amines is 1. The molecule has 0 amide bonds. The van der Waals surface area contributed by atoms with Crippen molar-refractivity contribution in [3.63, 3.8) is 0 Å². The summed E-state index contributed by atoms with van der Waals surface area (Å²) in [6.45, 7) is 2.21. The molecule has 1 aliphatic rings. The minimum absolute atomic E-state index is 0.397. The third-order valence-corrected chi connectivity index (χ3v) is 4.23. The van der Waals surface area contributed by atoms with E-state index in [4.69, 9.17) is 4.52 Å². The van der Waals surface area contributed by atoms with Gasteiger partial charge >= 0.3 is 5.69 Å². The smallest absolute Gasteiger partial charge is 0.334 e. The Labute approximate surface area is 131 Å². The fourth-order valence-electron chi connectivity index (χ4n) is 3.15. The molecule has 1 saturated heterocycles. The first-order valence-electron chi connectivity index (χ1n) is 7.49. The van der Waals surface area contributed by atoms with Gasteiger partial charge in [-0.05, 0) is 37.1 Å². The lowest BCUT2D eigenvalue weighted by Gasteiger charge is -2.36. The van der Waals surface area contributed by atoms with Crippen molar-refractivity contribution in [2.24, 2.45) is 5.92 Å². The van der Waals surface area contributed by atoms with E-state index in [9.17, 15) is 9.59 Å². The summed E-state index contributed by atoms with van der Waals surface area (Å²) >= 11 is 0. The Bertz CT molecular complexity index is 979. The van der Waals surface area contributed by atoms with Crippen molar-refractivity contribution >= 4 is 11.0 Å². The molecule has 1 N–H and O–H groups in total. The van der Waals surface area contributed by atoms with Crippen molar-refractivity contribution in [3.05, 3.63) is 56.9 Å². The number of nitrogens with zero attached hydrogens (tertiary/aromatic N) is 3. The normalized spacial score (nSPS) is 15.9. The Kier molecular flexibility index (Phi) is 3.16. The second kappa shape index (κ2) is 5.20. The standard InChI is InChI=1S/C16H16N4O3/c1-19-8-11(9-19)6-10-2-3-13-12(7-10)15(18-23-13)20-5-4-14(21)17-16(20)22/h2-5,7,11H,6,8-9H2,1H3,(H,17,21,22). The van der Waals surface area contributed by atoms with E-state index in [-0.39, 0.29) is 0 Å². The predicted octanol–water partition coefficient (Wildman–Crippen LogP) is 0.771. The van der Waals surface area contributed by atoms with E-state index in [0.29, 0.717) is 17.3 Å². The van der Waals surface area contributed by atoms with Gasteiger partial charge in [0, 0.05) is 25.4 Å². The SMILES string of the molecule is CN1CC(Cc2ccc3onc(-n4ccc(=O)[nH]c4=O)c3c2)C1. The maximum Gasteiger partial charge on any atom is 0.334 e. The topological polar surface area (TPSA) is 84.1 Å². The van der Waals surface area contributed by atoms with Crippen molar-refractivity contribution in [1.82, 2.24) is 19.6 Å². The highest BCUT2D eigenvalue weighted by molar-refractivity contribution is 5.84. The number of rotatable bonds is 3. The number of aromatic nitrogens is 3. The second-order valence-corrected chi connectivity index (χ2v) is 6.11. The second-order valence-electron chi connectivity index (χ2n) is 6.11. The fraction of sp³-hybridized carbons (Fsp3) is 0.312. The molecule has 0 bridgehead atoms. The molecule has 0 unspecified atom stereocenters. The molecule has 0 atom stereocenters. The van der Waals surface area contributed by atoms with Gasteiger partial charge in [-0.15, -0.1) is 0 Å². The molecule has 23 heavy (non-hydrogen) atoms. The largest absolute Gasteiger partial charge is 0.354 e. The fourth-order valence-corrected chi connectivity index (χ4v) is 3.15. The Balaban J connectivity index is 1.75. The van der Waals surface area contributed by atoms with E-state index in [2.05, 4.69) is 22.1 Å². The summed E-state index contributed by atoms with van der Waals surface area (Å²) in [5.74, 6) is 1.06. The van der Waals surface area contributed by atoms with Crippen LogP contribution < -0.4 is 11.2 Å². The average Bonchev–Trinajstić information content (AvgIpc) is 2.89. The molecule has 7 nitrogen and oxygen atoms in total. The van der Waals surface area contributed by atoms with Crippen LogP contribution in [0.3, 0.4) is 0 Å². The van der Waals surface area contributed by atoms with Gasteiger partial charge in [0.1, 0.15) is 0 Å². The lowest BCUT2D eigenvalue weighted by molar-refractivity contribution is 0.135. The molecule has 1 aromatic carbocycles. The zero-order valence-electron chi connectivity index (χ0n) is 12.7. The summed E-state index contributed by atoms with van der Waals surface area (Å²) in [6.07, 6.45) is 2.40. The van der Waals surface area contributed by atoms with Crippen LogP contribution in [0, 0.1) is 5.92 Å². The van der Waals surface area contributed by atoms with Crippen LogP contribution in [0.25, 0.3) is 16.8 Å². The van der Waals surface area contributed by atoms with E-state index in [1.54, 1.807) is 0 Å². The minimum Gasteiger partial charge on any atom is -0.354 e. The highest BCUT2D eigenvalue weighted by atomic mass is 16.5. The van der Waals surface area contributed by atoms with Gasteiger partial charge in [0.05, 0.1) is 5.39 Å². The van der Waals surface area contributed by atoms with E-state index < -0.39 is 11.2 Å². The molecule has 3 aromatic rings. The highest BCUT2D eigenvalue weighted by Crippen LogP contribution is 2.25. The first-order valence-corrected chi connectivity index (χ1v) is 7.49. The van der Waals surface area contributed by atoms with Gasteiger partial charge in [0.2, 0.25) is 0 Å². The molecule has 3 heterocycles. The van der Waals surface area contributed by atoms with Gasteiger partial charge in [-0.25, -0.2) is 9.36 Å². The van der Waals surface area contributed by atoms with E-state index in [1.165, 1.54) is 22.4 Å². The van der Waals surface area contributed by atoms with Crippen molar-refractivity contribution < 1.29 is 4.52 Å². The van der Waals surface area contributed by atoms with Crippen LogP contribution in [-0.2, 0) is 6.42 Å². The average molecular weight is 312 g/mol. The van der Waals surface area contributed by atoms with E-state index in [1.807, 2.05) is 18.2 Å². The summed E-state index contributed by atoms with van der Waals surface area (Å²) in [4.78, 5) is 27.7. The summed E-state index contributed by atoms with van der Waals surface area (Å²) in [7, 11) is 2.11. The van der Waals surface area contributed by atoms with Crippen molar-refractivity contribution in [2.45, 2.75) is 6.42 Å². The number of likely N-dealkylation sites (tertiary alicyclic amines) is 1. The minimum atomic E-state index is -0.529. The van der Waals surface area contributed by atoms with Crippen LogP contribution in [-0.4, -0.2) is 39.7 Å². The van der Waals surface area contributed by atoms with Crippen molar-refractivity contribution in [2.75, 3.05) is 20.1 Å². The Morgan fingerprint density at radius 2 is 2.13 bits per heavy atom. The molecular weight excluding hydrogens is 296 g/mol. The summed E-state index contributed by atoms with van der Waals surface area (Å²) in [5, 5.41) is 4.75. The first kappa shape index (κ1) is 14.0. The zero-order chi connectivity index (χ0) is 16.0. The molecule has 118 valence electrons. The molecule has 2 aromatic heterocycles. The monoisotopic (exact) mass is 312 g/mol. The third-order valence-electron chi connectivity index (χ3n) is 4.23. The number of hydrogen-bond donors (Lipinski definition) is 1. The van der Waals surface area contributed by atoms with Gasteiger partial charge in [-0.1, -0.05) is 11.2 Å². The molecule has 4 rings (SSSR count). The third kappa shape index (κ3) is 2.49. The highest BCUT2D eigenvalue weighted by Gasteiger charge is 2.23. The van der Waals surface area contributed by atoms with Crippen LogP contribution in [0.1, 0.15) is 5.56 Å². The van der Waals surface area contributed by atoms with Crippen LogP contribution in [0.4, 0.5) is 0 Å². The quantitative estimate of drug-likeness (QED) is 0.772.